The zero-order valence-electron chi connectivity index (χ0n) is 10.5. The van der Waals surface area contributed by atoms with Crippen LogP contribution in [0, 0.1) is 29.6 Å². The van der Waals surface area contributed by atoms with Gasteiger partial charge in [-0.15, -0.1) is 6.42 Å². The molecule has 1 aliphatic carbocycles. The normalized spacial score (nSPS) is 29.8. The summed E-state index contributed by atoms with van der Waals surface area (Å²) in [6.45, 7) is 0. The molecule has 2 fully saturated rings. The number of hydrogen-bond acceptors (Lipinski definition) is 3. The summed E-state index contributed by atoms with van der Waals surface area (Å²) in [5, 5.41) is 9.09. The fourth-order valence-corrected chi connectivity index (χ4v) is 3.10. The number of nitriles is 1. The summed E-state index contributed by atoms with van der Waals surface area (Å²) >= 11 is 0. The quantitative estimate of drug-likeness (QED) is 0.738. The van der Waals surface area contributed by atoms with Gasteiger partial charge in [-0.05, 0) is 31.6 Å². The highest BCUT2D eigenvalue weighted by Crippen LogP contribution is 2.30. The van der Waals surface area contributed by atoms with Gasteiger partial charge in [0, 0.05) is 0 Å². The molecule has 1 amide bonds. The minimum Gasteiger partial charge on any atom is -0.320 e. The largest absolute Gasteiger partial charge is 0.320 e. The van der Waals surface area contributed by atoms with E-state index in [4.69, 9.17) is 17.4 Å². The monoisotopic (exact) mass is 245 g/mol. The second-order valence-corrected chi connectivity index (χ2v) is 5.22. The molecule has 0 aromatic rings. The van der Waals surface area contributed by atoms with Crippen LogP contribution in [0.5, 0.6) is 0 Å². The highest BCUT2D eigenvalue weighted by molar-refractivity contribution is 5.83. The van der Waals surface area contributed by atoms with Crippen molar-refractivity contribution >= 4 is 5.91 Å². The third-order valence-electron chi connectivity index (χ3n) is 4.17. The molecule has 1 saturated heterocycles. The zero-order chi connectivity index (χ0) is 13.1. The van der Waals surface area contributed by atoms with Crippen molar-refractivity contribution in [1.29, 1.82) is 5.26 Å². The Morgan fingerprint density at radius 3 is 2.44 bits per heavy atom. The fraction of sp³-hybridized carbons (Fsp3) is 0.714. The molecule has 2 rings (SSSR count). The maximum Gasteiger partial charge on any atom is 0.241 e. The molecule has 18 heavy (non-hydrogen) atoms. The maximum absolute atomic E-state index is 12.4. The van der Waals surface area contributed by atoms with Gasteiger partial charge >= 0.3 is 0 Å². The summed E-state index contributed by atoms with van der Waals surface area (Å²) in [4.78, 5) is 14.0. The van der Waals surface area contributed by atoms with Crippen LogP contribution in [0.2, 0.25) is 0 Å². The van der Waals surface area contributed by atoms with Crippen molar-refractivity contribution in [2.24, 2.45) is 11.7 Å². The van der Waals surface area contributed by atoms with E-state index in [9.17, 15) is 4.79 Å². The molecule has 0 aromatic heterocycles. The van der Waals surface area contributed by atoms with Crippen molar-refractivity contribution < 1.29 is 4.79 Å². The van der Waals surface area contributed by atoms with E-state index in [-0.39, 0.29) is 17.9 Å². The Kier molecular flexibility index (Phi) is 3.89. The van der Waals surface area contributed by atoms with E-state index in [0.29, 0.717) is 12.8 Å². The molecule has 0 spiro atoms. The van der Waals surface area contributed by atoms with Crippen molar-refractivity contribution in [1.82, 2.24) is 4.90 Å². The second-order valence-electron chi connectivity index (χ2n) is 5.22. The highest BCUT2D eigenvalue weighted by atomic mass is 16.2. The summed E-state index contributed by atoms with van der Waals surface area (Å²) in [6.07, 6.45) is 11.1. The lowest BCUT2D eigenvalue weighted by molar-refractivity contribution is -0.134. The Morgan fingerprint density at radius 2 is 1.89 bits per heavy atom. The summed E-state index contributed by atoms with van der Waals surface area (Å²) in [5.41, 5.74) is 6.07. The minimum atomic E-state index is -0.489. The Labute approximate surface area is 108 Å². The Morgan fingerprint density at radius 1 is 1.28 bits per heavy atom. The summed E-state index contributed by atoms with van der Waals surface area (Å²) < 4.78 is 0. The average molecular weight is 245 g/mol. The van der Waals surface area contributed by atoms with Crippen molar-refractivity contribution in [3.05, 3.63) is 0 Å². The number of likely N-dealkylation sites (tertiary alicyclic amines) is 1. The van der Waals surface area contributed by atoms with Gasteiger partial charge < -0.3 is 10.6 Å². The van der Waals surface area contributed by atoms with E-state index in [2.05, 4.69) is 12.0 Å². The first-order chi connectivity index (χ1) is 8.69. The molecule has 4 heteroatoms. The van der Waals surface area contributed by atoms with Crippen LogP contribution in [0.15, 0.2) is 0 Å². The van der Waals surface area contributed by atoms with Crippen LogP contribution < -0.4 is 5.73 Å². The van der Waals surface area contributed by atoms with Crippen molar-refractivity contribution in [3.8, 4) is 18.4 Å². The van der Waals surface area contributed by atoms with E-state index in [0.717, 1.165) is 25.7 Å². The molecule has 0 bridgehead atoms. The molecule has 1 saturated carbocycles. The van der Waals surface area contributed by atoms with Crippen molar-refractivity contribution in [2.45, 2.75) is 56.7 Å². The zero-order valence-corrected chi connectivity index (χ0v) is 10.5. The van der Waals surface area contributed by atoms with Gasteiger partial charge in [0.15, 0.2) is 0 Å². The average Bonchev–Trinajstić information content (AvgIpc) is 3.05. The molecule has 1 heterocycles. The third kappa shape index (κ3) is 2.21. The Bertz CT molecular complexity index is 378. The Hall–Kier alpha value is -1.52. The van der Waals surface area contributed by atoms with E-state index in [1.807, 2.05) is 0 Å². The van der Waals surface area contributed by atoms with Crippen LogP contribution in [-0.2, 0) is 4.79 Å². The van der Waals surface area contributed by atoms with E-state index < -0.39 is 12.1 Å². The number of carbonyl (C=O) groups excluding carboxylic acids is 1. The van der Waals surface area contributed by atoms with Crippen LogP contribution in [0.4, 0.5) is 0 Å². The van der Waals surface area contributed by atoms with Gasteiger partial charge in [-0.2, -0.15) is 5.26 Å². The topological polar surface area (TPSA) is 70.1 Å². The first-order valence-electron chi connectivity index (χ1n) is 6.62. The molecular formula is C14H19N3O. The second kappa shape index (κ2) is 5.42. The van der Waals surface area contributed by atoms with Crippen LogP contribution in [0.25, 0.3) is 0 Å². The van der Waals surface area contributed by atoms with Gasteiger partial charge in [-0.1, -0.05) is 18.8 Å². The lowest BCUT2D eigenvalue weighted by Crippen LogP contribution is -2.51. The van der Waals surface area contributed by atoms with Gasteiger partial charge in [0.05, 0.1) is 18.2 Å². The van der Waals surface area contributed by atoms with Gasteiger partial charge in [-0.25, -0.2) is 0 Å². The lowest BCUT2D eigenvalue weighted by Gasteiger charge is -2.29. The lowest BCUT2D eigenvalue weighted by atomic mass is 9.97. The van der Waals surface area contributed by atoms with Crippen LogP contribution in [0.1, 0.15) is 38.5 Å². The van der Waals surface area contributed by atoms with Gasteiger partial charge in [0.2, 0.25) is 5.91 Å². The Balaban J connectivity index is 2.10. The molecule has 3 atom stereocenters. The molecule has 2 aliphatic rings. The molecule has 1 aliphatic heterocycles. The van der Waals surface area contributed by atoms with Gasteiger partial charge in [0.25, 0.3) is 0 Å². The molecule has 2 N–H and O–H groups in total. The fourth-order valence-electron chi connectivity index (χ4n) is 3.10. The van der Waals surface area contributed by atoms with Crippen LogP contribution >= 0.6 is 0 Å². The summed E-state index contributed by atoms with van der Waals surface area (Å²) in [7, 11) is 0. The minimum absolute atomic E-state index is 0.131. The maximum atomic E-state index is 12.4. The smallest absolute Gasteiger partial charge is 0.241 e. The molecular weight excluding hydrogens is 226 g/mol. The van der Waals surface area contributed by atoms with Crippen molar-refractivity contribution in [3.63, 3.8) is 0 Å². The highest BCUT2D eigenvalue weighted by Gasteiger charge is 2.40. The first-order valence-corrected chi connectivity index (χ1v) is 6.62. The predicted octanol–water partition coefficient (Wildman–Crippen LogP) is 1.02. The van der Waals surface area contributed by atoms with E-state index >= 15 is 0 Å². The number of nitrogens with two attached hydrogens (primary N) is 1. The first kappa shape index (κ1) is 12.9. The molecule has 1 unspecified atom stereocenters. The number of carbonyl (C=O) groups is 1. The number of terminal acetylenes is 1. The standard InChI is InChI=1S/C14H19N3O/c1-2-11-7-8-12(9-15)17(11)14(18)13(16)10-5-3-4-6-10/h1,10-13H,3-8,16H2/t11-,12?,13+/m1/s1. The molecule has 96 valence electrons. The van der Waals surface area contributed by atoms with Crippen LogP contribution in [0.3, 0.4) is 0 Å². The van der Waals surface area contributed by atoms with Crippen molar-refractivity contribution in [2.75, 3.05) is 0 Å². The van der Waals surface area contributed by atoms with Gasteiger partial charge in [0.1, 0.15) is 6.04 Å². The predicted molar refractivity (Wildman–Crippen MR) is 68.0 cm³/mol. The molecule has 0 radical (unpaired) electrons. The van der Waals surface area contributed by atoms with Crippen LogP contribution in [-0.4, -0.2) is 28.9 Å². The number of nitrogens with zero attached hydrogens (tertiary/aromatic N) is 2. The van der Waals surface area contributed by atoms with Gasteiger partial charge in [-0.3, -0.25) is 4.79 Å². The summed E-state index contributed by atoms with van der Waals surface area (Å²) in [6, 6.07) is 1.02. The number of hydrogen-bond donors (Lipinski definition) is 1. The molecule has 4 nitrogen and oxygen atoms in total. The number of rotatable bonds is 2. The van der Waals surface area contributed by atoms with E-state index in [1.165, 1.54) is 0 Å². The molecule has 0 aromatic carbocycles. The van der Waals surface area contributed by atoms with E-state index in [1.54, 1.807) is 4.90 Å². The summed E-state index contributed by atoms with van der Waals surface area (Å²) in [5.74, 6) is 2.73. The SMILES string of the molecule is C#C[C@@H]1CCC(C#N)N1C(=O)[C@@H](N)C1CCCC1. The number of amides is 1. The third-order valence-corrected chi connectivity index (χ3v) is 4.17.